The molecule has 0 radical (unpaired) electrons. The minimum atomic E-state index is -0.609. The second kappa shape index (κ2) is 8.66. The molecule has 0 atom stereocenters. The lowest BCUT2D eigenvalue weighted by molar-refractivity contribution is 0.101. The molecule has 3 aromatic carbocycles. The highest BCUT2D eigenvalue weighted by Crippen LogP contribution is 2.35. The quantitative estimate of drug-likeness (QED) is 0.360. The molecule has 0 unspecified atom stereocenters. The highest BCUT2D eigenvalue weighted by atomic mass is 79.9. The molecule has 3 aromatic rings. The number of rotatable bonds is 4. The lowest BCUT2D eigenvalue weighted by Crippen LogP contribution is -2.14. The second-order valence-electron chi connectivity index (χ2n) is 5.75. The maximum atomic E-state index is 12.8. The normalized spacial score (nSPS) is 10.6. The van der Waals surface area contributed by atoms with Crippen molar-refractivity contribution in [2.24, 2.45) is 0 Å². The zero-order valence-electron chi connectivity index (χ0n) is 14.0. The summed E-state index contributed by atoms with van der Waals surface area (Å²) in [4.78, 5) is 25.4. The Labute approximate surface area is 187 Å². The van der Waals surface area contributed by atoms with E-state index in [1.165, 1.54) is 18.2 Å². The number of nitrogens with one attached hydrogen (secondary N) is 1. The molecule has 0 saturated carbocycles. The second-order valence-corrected chi connectivity index (χ2v) is 8.33. The number of benzene rings is 3. The van der Waals surface area contributed by atoms with Gasteiger partial charge in [-0.3, -0.25) is 9.59 Å². The van der Waals surface area contributed by atoms with Crippen LogP contribution in [0.1, 0.15) is 26.3 Å². The Bertz CT molecular complexity index is 1090. The average molecular weight is 544 g/mol. The third-order valence-electron chi connectivity index (χ3n) is 3.84. The first-order chi connectivity index (χ1) is 13.3. The van der Waals surface area contributed by atoms with E-state index in [4.69, 9.17) is 23.2 Å². The number of phenolic OH excluding ortho intramolecular Hbond substituents is 1. The van der Waals surface area contributed by atoms with Gasteiger partial charge in [-0.15, -0.1) is 0 Å². The molecule has 28 heavy (non-hydrogen) atoms. The first kappa shape index (κ1) is 20.9. The summed E-state index contributed by atoms with van der Waals surface area (Å²) in [7, 11) is 0. The smallest absolute Gasteiger partial charge is 0.259 e. The van der Waals surface area contributed by atoms with Gasteiger partial charge in [-0.05, 0) is 40.2 Å². The topological polar surface area (TPSA) is 66.4 Å². The van der Waals surface area contributed by atoms with E-state index in [2.05, 4.69) is 37.2 Å². The van der Waals surface area contributed by atoms with E-state index in [9.17, 15) is 14.7 Å². The van der Waals surface area contributed by atoms with E-state index < -0.39 is 5.91 Å². The number of carbonyl (C=O) groups excluding carboxylic acids is 2. The van der Waals surface area contributed by atoms with Gasteiger partial charge in [0.15, 0.2) is 5.78 Å². The maximum absolute atomic E-state index is 12.8. The van der Waals surface area contributed by atoms with Crippen LogP contribution in [0.4, 0.5) is 5.69 Å². The van der Waals surface area contributed by atoms with Crippen LogP contribution in [0, 0.1) is 0 Å². The molecule has 0 bridgehead atoms. The Balaban J connectivity index is 1.99. The van der Waals surface area contributed by atoms with Gasteiger partial charge < -0.3 is 10.4 Å². The molecule has 2 N–H and O–H groups in total. The van der Waals surface area contributed by atoms with Crippen molar-refractivity contribution in [3.8, 4) is 5.75 Å². The number of halogens is 4. The van der Waals surface area contributed by atoms with Gasteiger partial charge >= 0.3 is 0 Å². The number of phenols is 1. The van der Waals surface area contributed by atoms with Gasteiger partial charge in [-0.25, -0.2) is 0 Å². The Morgan fingerprint density at radius 1 is 0.929 bits per heavy atom. The van der Waals surface area contributed by atoms with Crippen LogP contribution in [-0.4, -0.2) is 16.8 Å². The van der Waals surface area contributed by atoms with Crippen molar-refractivity contribution in [2.45, 2.75) is 0 Å². The predicted molar refractivity (Wildman–Crippen MR) is 118 cm³/mol. The fourth-order valence-corrected chi connectivity index (χ4v) is 4.20. The van der Waals surface area contributed by atoms with Crippen LogP contribution in [0.3, 0.4) is 0 Å². The first-order valence-electron chi connectivity index (χ1n) is 7.86. The molecule has 0 aromatic heterocycles. The summed E-state index contributed by atoms with van der Waals surface area (Å²) >= 11 is 19.0. The monoisotopic (exact) mass is 541 g/mol. The van der Waals surface area contributed by atoms with Crippen molar-refractivity contribution in [2.75, 3.05) is 5.32 Å². The van der Waals surface area contributed by atoms with E-state index in [1.54, 1.807) is 36.4 Å². The number of amides is 1. The standard InChI is InChI=1S/C20H11Br2Cl2NO3/c21-11-6-14(19(27)15(22)7-11)20(28)25-16-9-12(23)8-13(17(16)24)18(26)10-4-2-1-3-5-10/h1-9,27H,(H,25,28). The highest BCUT2D eigenvalue weighted by Gasteiger charge is 2.20. The summed E-state index contributed by atoms with van der Waals surface area (Å²) in [6.45, 7) is 0. The molecule has 0 fully saturated rings. The van der Waals surface area contributed by atoms with E-state index >= 15 is 0 Å². The predicted octanol–water partition coefficient (Wildman–Crippen LogP) is 6.71. The van der Waals surface area contributed by atoms with Gasteiger partial charge in [-0.2, -0.15) is 0 Å². The Hall–Kier alpha value is -1.86. The van der Waals surface area contributed by atoms with Gasteiger partial charge in [0.25, 0.3) is 5.91 Å². The van der Waals surface area contributed by atoms with Crippen LogP contribution >= 0.6 is 55.1 Å². The fourth-order valence-electron chi connectivity index (χ4n) is 2.52. The van der Waals surface area contributed by atoms with Crippen LogP contribution < -0.4 is 5.32 Å². The summed E-state index contributed by atoms with van der Waals surface area (Å²) in [6, 6.07) is 14.5. The molecular formula is C20H11Br2Cl2NO3. The van der Waals surface area contributed by atoms with Crippen LogP contribution in [0.2, 0.25) is 10.0 Å². The summed E-state index contributed by atoms with van der Waals surface area (Å²) in [6.07, 6.45) is 0. The van der Waals surface area contributed by atoms with Crippen molar-refractivity contribution in [3.63, 3.8) is 0 Å². The molecule has 0 aliphatic carbocycles. The van der Waals surface area contributed by atoms with Gasteiger partial charge in [0, 0.05) is 20.6 Å². The lowest BCUT2D eigenvalue weighted by atomic mass is 10.0. The molecule has 0 heterocycles. The van der Waals surface area contributed by atoms with Gasteiger partial charge in [0.2, 0.25) is 0 Å². The number of carbonyl (C=O) groups is 2. The van der Waals surface area contributed by atoms with Gasteiger partial charge in [0.1, 0.15) is 5.75 Å². The Morgan fingerprint density at radius 3 is 2.29 bits per heavy atom. The summed E-state index contributed by atoms with van der Waals surface area (Å²) in [5.41, 5.74) is 0.787. The minimum absolute atomic E-state index is 0.0215. The minimum Gasteiger partial charge on any atom is -0.506 e. The molecule has 3 rings (SSSR count). The molecule has 8 heteroatoms. The summed E-state index contributed by atoms with van der Waals surface area (Å²) in [5, 5.41) is 13.0. The molecule has 0 aliphatic rings. The van der Waals surface area contributed by atoms with E-state index in [0.29, 0.717) is 14.5 Å². The average Bonchev–Trinajstić information content (AvgIpc) is 2.67. The van der Waals surface area contributed by atoms with Crippen molar-refractivity contribution in [1.29, 1.82) is 0 Å². The maximum Gasteiger partial charge on any atom is 0.259 e. The van der Waals surface area contributed by atoms with Crippen LogP contribution in [0.25, 0.3) is 0 Å². The molecule has 0 aliphatic heterocycles. The number of anilines is 1. The number of hydrogen-bond donors (Lipinski definition) is 2. The molecule has 4 nitrogen and oxygen atoms in total. The van der Waals surface area contributed by atoms with Crippen LogP contribution in [-0.2, 0) is 0 Å². The summed E-state index contributed by atoms with van der Waals surface area (Å²) < 4.78 is 0.948. The third-order valence-corrected chi connectivity index (χ3v) is 5.53. The Kier molecular flexibility index (Phi) is 6.45. The zero-order chi connectivity index (χ0) is 20.4. The number of aromatic hydroxyl groups is 1. The number of hydrogen-bond acceptors (Lipinski definition) is 3. The zero-order valence-corrected chi connectivity index (χ0v) is 18.7. The molecule has 1 amide bonds. The molecule has 142 valence electrons. The third kappa shape index (κ3) is 4.41. The van der Waals surface area contributed by atoms with E-state index in [0.717, 1.165) is 0 Å². The molecular weight excluding hydrogens is 533 g/mol. The van der Waals surface area contributed by atoms with Crippen molar-refractivity contribution >= 4 is 72.4 Å². The Morgan fingerprint density at radius 2 is 1.61 bits per heavy atom. The summed E-state index contributed by atoms with van der Waals surface area (Å²) in [5.74, 6) is -1.15. The lowest BCUT2D eigenvalue weighted by Gasteiger charge is -2.13. The van der Waals surface area contributed by atoms with Crippen LogP contribution in [0.15, 0.2) is 63.5 Å². The SMILES string of the molecule is O=C(Nc1cc(Cl)cc(C(=O)c2ccccc2)c1Cl)c1cc(Br)cc(Br)c1O. The number of ketones is 1. The molecule has 0 saturated heterocycles. The van der Waals surface area contributed by atoms with E-state index in [1.807, 2.05) is 0 Å². The molecule has 0 spiro atoms. The largest absolute Gasteiger partial charge is 0.506 e. The van der Waals surface area contributed by atoms with Gasteiger partial charge in [0.05, 0.1) is 20.7 Å². The fraction of sp³-hybridized carbons (Fsp3) is 0. The van der Waals surface area contributed by atoms with Crippen LogP contribution in [0.5, 0.6) is 5.75 Å². The highest BCUT2D eigenvalue weighted by molar-refractivity contribution is 9.11. The van der Waals surface area contributed by atoms with Gasteiger partial charge in [-0.1, -0.05) is 69.5 Å². The first-order valence-corrected chi connectivity index (χ1v) is 10.2. The van der Waals surface area contributed by atoms with Crippen molar-refractivity contribution < 1.29 is 14.7 Å². The van der Waals surface area contributed by atoms with Crippen molar-refractivity contribution in [3.05, 3.63) is 90.3 Å². The van der Waals surface area contributed by atoms with Crippen molar-refractivity contribution in [1.82, 2.24) is 0 Å². The van der Waals surface area contributed by atoms with E-state index in [-0.39, 0.29) is 38.4 Å².